The molecule has 0 bridgehead atoms. The van der Waals surface area contributed by atoms with Gasteiger partial charge in [-0.15, -0.1) is 0 Å². The van der Waals surface area contributed by atoms with Gasteiger partial charge in [-0.1, -0.05) is 31.2 Å². The molecule has 142 valence electrons. The van der Waals surface area contributed by atoms with Gasteiger partial charge >= 0.3 is 0 Å². The second-order valence-corrected chi connectivity index (χ2v) is 7.26. The number of nitrogens with one attached hydrogen (secondary N) is 1. The lowest BCUT2D eigenvalue weighted by Gasteiger charge is -2.30. The summed E-state index contributed by atoms with van der Waals surface area (Å²) in [6.07, 6.45) is 2.54. The first-order chi connectivity index (χ1) is 13.0. The number of piperidine rings is 1. The van der Waals surface area contributed by atoms with E-state index in [-0.39, 0.29) is 11.6 Å². The Morgan fingerprint density at radius 2 is 1.67 bits per heavy atom. The Labute approximate surface area is 159 Å². The third-order valence-corrected chi connectivity index (χ3v) is 5.10. The van der Waals surface area contributed by atoms with E-state index in [4.69, 9.17) is 0 Å². The van der Waals surface area contributed by atoms with E-state index in [0.29, 0.717) is 12.1 Å². The zero-order valence-electron chi connectivity index (χ0n) is 15.6. The Bertz CT molecular complexity index is 779. The lowest BCUT2D eigenvalue weighted by Crippen LogP contribution is -2.32. The Hall–Kier alpha value is -2.73. The molecule has 3 rings (SSSR count). The van der Waals surface area contributed by atoms with Gasteiger partial charge in [0.1, 0.15) is 0 Å². The number of benzene rings is 2. The molecular formula is C21H25N3O3. The van der Waals surface area contributed by atoms with E-state index in [2.05, 4.69) is 29.3 Å². The number of hydrogen-bond donors (Lipinski definition) is 1. The first-order valence-corrected chi connectivity index (χ1v) is 9.34. The number of nitro groups is 1. The van der Waals surface area contributed by atoms with Crippen LogP contribution < -0.4 is 5.32 Å². The summed E-state index contributed by atoms with van der Waals surface area (Å²) in [5.41, 5.74) is 2.71. The second-order valence-electron chi connectivity index (χ2n) is 7.26. The highest BCUT2D eigenvalue weighted by molar-refractivity contribution is 5.94. The topological polar surface area (TPSA) is 75.5 Å². The van der Waals surface area contributed by atoms with Crippen LogP contribution in [-0.2, 0) is 13.1 Å². The van der Waals surface area contributed by atoms with Gasteiger partial charge in [-0.25, -0.2) is 0 Å². The molecule has 1 N–H and O–H groups in total. The minimum Gasteiger partial charge on any atom is -0.348 e. The molecule has 2 aromatic rings. The molecule has 6 nitrogen and oxygen atoms in total. The summed E-state index contributed by atoms with van der Waals surface area (Å²) in [6.45, 7) is 6.04. The maximum Gasteiger partial charge on any atom is 0.269 e. The predicted octanol–water partition coefficient (Wildman–Crippen LogP) is 3.76. The third kappa shape index (κ3) is 5.37. The number of carbonyl (C=O) groups excluding carboxylic acids is 1. The van der Waals surface area contributed by atoms with Crippen molar-refractivity contribution < 1.29 is 9.72 Å². The fraction of sp³-hybridized carbons (Fsp3) is 0.381. The minimum atomic E-state index is -0.478. The number of carbonyl (C=O) groups is 1. The van der Waals surface area contributed by atoms with Crippen molar-refractivity contribution in [3.05, 3.63) is 75.3 Å². The zero-order chi connectivity index (χ0) is 19.2. The van der Waals surface area contributed by atoms with Crippen molar-refractivity contribution in [2.24, 2.45) is 5.92 Å². The molecule has 0 spiro atoms. The summed E-state index contributed by atoms with van der Waals surface area (Å²) in [5, 5.41) is 13.5. The summed E-state index contributed by atoms with van der Waals surface area (Å²) in [5.74, 6) is 0.597. The summed E-state index contributed by atoms with van der Waals surface area (Å²) in [6, 6.07) is 13.9. The van der Waals surface area contributed by atoms with Gasteiger partial charge in [0.15, 0.2) is 0 Å². The average Bonchev–Trinajstić information content (AvgIpc) is 2.69. The molecule has 0 aliphatic carbocycles. The van der Waals surface area contributed by atoms with Gasteiger partial charge in [-0.05, 0) is 55.1 Å². The number of nitro benzene ring substituents is 1. The van der Waals surface area contributed by atoms with Gasteiger partial charge in [0.2, 0.25) is 0 Å². The fourth-order valence-electron chi connectivity index (χ4n) is 3.26. The summed E-state index contributed by atoms with van der Waals surface area (Å²) in [7, 11) is 0. The van der Waals surface area contributed by atoms with Crippen molar-refractivity contribution in [3.8, 4) is 0 Å². The Morgan fingerprint density at radius 1 is 1.07 bits per heavy atom. The predicted molar refractivity (Wildman–Crippen MR) is 104 cm³/mol. The van der Waals surface area contributed by atoms with Crippen LogP contribution in [0.2, 0.25) is 0 Å². The minimum absolute atomic E-state index is 0.0229. The number of rotatable bonds is 6. The molecule has 6 heteroatoms. The zero-order valence-corrected chi connectivity index (χ0v) is 15.6. The van der Waals surface area contributed by atoms with E-state index in [1.165, 1.54) is 42.7 Å². The van der Waals surface area contributed by atoms with E-state index >= 15 is 0 Å². The van der Waals surface area contributed by atoms with Crippen molar-refractivity contribution in [2.45, 2.75) is 32.9 Å². The van der Waals surface area contributed by atoms with Crippen LogP contribution in [0.1, 0.15) is 41.3 Å². The van der Waals surface area contributed by atoms with Crippen LogP contribution in [0, 0.1) is 16.0 Å². The molecule has 1 fully saturated rings. The smallest absolute Gasteiger partial charge is 0.269 e. The van der Waals surface area contributed by atoms with Gasteiger partial charge in [-0.2, -0.15) is 0 Å². The molecule has 1 saturated heterocycles. The van der Waals surface area contributed by atoms with Gasteiger partial charge in [0, 0.05) is 30.8 Å². The van der Waals surface area contributed by atoms with Crippen LogP contribution in [0.25, 0.3) is 0 Å². The monoisotopic (exact) mass is 367 g/mol. The first-order valence-electron chi connectivity index (χ1n) is 9.34. The van der Waals surface area contributed by atoms with E-state index < -0.39 is 4.92 Å². The van der Waals surface area contributed by atoms with E-state index in [1.54, 1.807) is 0 Å². The van der Waals surface area contributed by atoms with Crippen LogP contribution in [0.4, 0.5) is 5.69 Å². The largest absolute Gasteiger partial charge is 0.348 e. The normalized spacial score (nSPS) is 15.4. The molecule has 1 aliphatic rings. The molecule has 0 aromatic heterocycles. The van der Waals surface area contributed by atoms with Crippen LogP contribution in [-0.4, -0.2) is 28.8 Å². The molecule has 0 saturated carbocycles. The van der Waals surface area contributed by atoms with Gasteiger partial charge in [0.25, 0.3) is 11.6 Å². The highest BCUT2D eigenvalue weighted by Gasteiger charge is 2.15. The molecule has 2 aromatic carbocycles. The molecule has 1 aliphatic heterocycles. The van der Waals surface area contributed by atoms with Crippen LogP contribution >= 0.6 is 0 Å². The SMILES string of the molecule is CC1CCN(Cc2ccc(CNC(=O)c3ccc([N+](=O)[O-])cc3)cc2)CC1. The fourth-order valence-corrected chi connectivity index (χ4v) is 3.26. The maximum absolute atomic E-state index is 12.2. The number of amides is 1. The highest BCUT2D eigenvalue weighted by atomic mass is 16.6. The summed E-state index contributed by atoms with van der Waals surface area (Å²) in [4.78, 5) is 24.8. The highest BCUT2D eigenvalue weighted by Crippen LogP contribution is 2.18. The van der Waals surface area contributed by atoms with Crippen molar-refractivity contribution in [1.82, 2.24) is 10.2 Å². The number of non-ortho nitro benzene ring substituents is 1. The van der Waals surface area contributed by atoms with Gasteiger partial charge < -0.3 is 5.32 Å². The Morgan fingerprint density at radius 3 is 2.26 bits per heavy atom. The number of likely N-dealkylation sites (tertiary alicyclic amines) is 1. The first kappa shape index (κ1) is 19.0. The maximum atomic E-state index is 12.2. The third-order valence-electron chi connectivity index (χ3n) is 5.10. The number of nitrogens with zero attached hydrogens (tertiary/aromatic N) is 2. The molecule has 1 amide bonds. The lowest BCUT2D eigenvalue weighted by atomic mass is 9.99. The van der Waals surface area contributed by atoms with E-state index in [9.17, 15) is 14.9 Å². The molecule has 0 atom stereocenters. The Balaban J connectivity index is 1.49. The quantitative estimate of drug-likeness (QED) is 0.623. The summed E-state index contributed by atoms with van der Waals surface area (Å²) < 4.78 is 0. The van der Waals surface area contributed by atoms with Crippen LogP contribution in [0.3, 0.4) is 0 Å². The standard InChI is InChI=1S/C21H25N3O3/c1-16-10-12-23(13-11-16)15-18-4-2-17(3-5-18)14-22-21(25)19-6-8-20(9-7-19)24(26)27/h2-9,16H,10-15H2,1H3,(H,22,25). The number of hydrogen-bond acceptors (Lipinski definition) is 4. The van der Waals surface area contributed by atoms with E-state index in [1.807, 2.05) is 12.1 Å². The van der Waals surface area contributed by atoms with Crippen LogP contribution in [0.15, 0.2) is 48.5 Å². The molecular weight excluding hydrogens is 342 g/mol. The van der Waals surface area contributed by atoms with Crippen molar-refractivity contribution in [3.63, 3.8) is 0 Å². The average molecular weight is 367 g/mol. The second kappa shape index (κ2) is 8.77. The molecule has 0 unspecified atom stereocenters. The van der Waals surface area contributed by atoms with Gasteiger partial charge in [-0.3, -0.25) is 19.8 Å². The van der Waals surface area contributed by atoms with Gasteiger partial charge in [0.05, 0.1) is 4.92 Å². The van der Waals surface area contributed by atoms with Crippen molar-refractivity contribution in [2.75, 3.05) is 13.1 Å². The van der Waals surface area contributed by atoms with E-state index in [0.717, 1.165) is 31.1 Å². The molecule has 27 heavy (non-hydrogen) atoms. The Kier molecular flexibility index (Phi) is 6.19. The van der Waals surface area contributed by atoms with Crippen molar-refractivity contribution in [1.29, 1.82) is 0 Å². The summed E-state index contributed by atoms with van der Waals surface area (Å²) >= 11 is 0. The molecule has 1 heterocycles. The van der Waals surface area contributed by atoms with Crippen molar-refractivity contribution >= 4 is 11.6 Å². The molecule has 0 radical (unpaired) electrons. The van der Waals surface area contributed by atoms with Crippen LogP contribution in [0.5, 0.6) is 0 Å². The lowest BCUT2D eigenvalue weighted by molar-refractivity contribution is -0.384.